The Kier molecular flexibility index (Phi) is 4.32. The second-order valence-electron chi connectivity index (χ2n) is 9.99. The molecule has 2 heterocycles. The van der Waals surface area contributed by atoms with Crippen LogP contribution >= 0.6 is 0 Å². The quantitative estimate of drug-likeness (QED) is 0.519. The molecule has 3 aromatic carbocycles. The van der Waals surface area contributed by atoms with Crippen molar-refractivity contribution in [3.05, 3.63) is 102 Å². The summed E-state index contributed by atoms with van der Waals surface area (Å²) in [7, 11) is 0. The predicted molar refractivity (Wildman–Crippen MR) is 133 cm³/mol. The number of rotatable bonds is 2. The molecule has 2 aliphatic carbocycles. The topological polar surface area (TPSA) is 49.4 Å². The Morgan fingerprint density at radius 2 is 1.44 bits per heavy atom. The third-order valence-electron chi connectivity index (χ3n) is 8.41. The second kappa shape index (κ2) is 7.42. The molecule has 4 nitrogen and oxygen atoms in total. The van der Waals surface area contributed by atoms with Crippen LogP contribution in [-0.2, 0) is 9.59 Å². The van der Waals surface area contributed by atoms with E-state index in [1.165, 1.54) is 27.2 Å². The molecule has 0 bridgehead atoms. The number of imide groups is 1. The fourth-order valence-corrected chi connectivity index (χ4v) is 7.02. The molecule has 168 valence electrons. The summed E-state index contributed by atoms with van der Waals surface area (Å²) in [4.78, 5) is 29.3. The van der Waals surface area contributed by atoms with Crippen LogP contribution in [0.15, 0.2) is 90.5 Å². The number of nitrogens with one attached hydrogen (secondary N) is 1. The lowest BCUT2D eigenvalue weighted by molar-refractivity contribution is -0.122. The molecule has 1 saturated heterocycles. The van der Waals surface area contributed by atoms with E-state index >= 15 is 0 Å². The van der Waals surface area contributed by atoms with Crippen molar-refractivity contribution in [1.29, 1.82) is 0 Å². The van der Waals surface area contributed by atoms with Crippen LogP contribution in [-0.4, -0.2) is 17.9 Å². The van der Waals surface area contributed by atoms with Crippen molar-refractivity contribution in [2.24, 2.45) is 17.8 Å². The Hall–Kier alpha value is -3.66. The summed E-state index contributed by atoms with van der Waals surface area (Å²) in [5.74, 6) is -0.290. The van der Waals surface area contributed by atoms with E-state index in [2.05, 4.69) is 53.8 Å². The number of para-hydroxylation sites is 2. The van der Waals surface area contributed by atoms with E-state index in [1.807, 2.05) is 36.4 Å². The molecule has 4 heteroatoms. The fraction of sp³-hybridized carbons (Fsp3) is 0.267. The molecule has 0 spiro atoms. The van der Waals surface area contributed by atoms with Gasteiger partial charge < -0.3 is 5.32 Å². The number of hydrogen-bond acceptors (Lipinski definition) is 3. The first-order valence-electron chi connectivity index (χ1n) is 12.3. The first-order chi connectivity index (χ1) is 16.7. The van der Waals surface area contributed by atoms with Crippen LogP contribution in [0.5, 0.6) is 0 Å². The predicted octanol–water partition coefficient (Wildman–Crippen LogP) is 5.64. The van der Waals surface area contributed by atoms with Crippen molar-refractivity contribution >= 4 is 28.8 Å². The van der Waals surface area contributed by atoms with Gasteiger partial charge in [-0.25, -0.2) is 4.90 Å². The average Bonchev–Trinajstić information content (AvgIpc) is 3.40. The average molecular weight is 447 g/mol. The number of hydrogen-bond donors (Lipinski definition) is 1. The van der Waals surface area contributed by atoms with E-state index in [9.17, 15) is 9.59 Å². The van der Waals surface area contributed by atoms with Crippen molar-refractivity contribution in [3.8, 4) is 0 Å². The SMILES string of the molecule is O=C1[C@@H]2[C@@H]3CC(c4ccccc4)CCC3=C3c4ccccc4NC3[C@@H]2C(=O)N1c1ccccc1. The molecule has 4 aliphatic rings. The first kappa shape index (κ1) is 19.8. The molecule has 2 unspecified atom stereocenters. The van der Waals surface area contributed by atoms with E-state index in [-0.39, 0.29) is 35.6 Å². The number of carbonyl (C=O) groups is 2. The lowest BCUT2D eigenvalue weighted by Gasteiger charge is -2.43. The van der Waals surface area contributed by atoms with Crippen molar-refractivity contribution in [3.63, 3.8) is 0 Å². The van der Waals surface area contributed by atoms with Crippen LogP contribution in [0, 0.1) is 17.8 Å². The van der Waals surface area contributed by atoms with Crippen molar-refractivity contribution in [2.45, 2.75) is 31.2 Å². The molecule has 1 saturated carbocycles. The third kappa shape index (κ3) is 2.71. The molecular weight excluding hydrogens is 420 g/mol. The Bertz CT molecular complexity index is 1330. The highest BCUT2D eigenvalue weighted by atomic mass is 16.2. The standard InChI is InChI=1S/C30H26N2O2/c33-29-26-23-17-19(18-9-3-1-4-10-18)15-16-21(23)25-22-13-7-8-14-24(22)31-28(25)27(26)30(34)32(29)20-11-5-2-6-12-20/h1-14,19,23,26-28,31H,15-17H2/t19?,23-,26-,27-,28?/m1/s1. The fourth-order valence-electron chi connectivity index (χ4n) is 7.02. The second-order valence-corrected chi connectivity index (χ2v) is 9.99. The van der Waals surface area contributed by atoms with E-state index in [0.717, 1.165) is 24.9 Å². The van der Waals surface area contributed by atoms with Gasteiger partial charge in [-0.3, -0.25) is 9.59 Å². The smallest absolute Gasteiger partial charge is 0.240 e. The van der Waals surface area contributed by atoms with Gasteiger partial charge in [-0.1, -0.05) is 72.3 Å². The molecule has 3 aromatic rings. The van der Waals surface area contributed by atoms with Crippen LogP contribution in [0.2, 0.25) is 0 Å². The van der Waals surface area contributed by atoms with Gasteiger partial charge in [0.15, 0.2) is 0 Å². The van der Waals surface area contributed by atoms with E-state index < -0.39 is 0 Å². The maximum atomic E-state index is 14.0. The number of anilines is 2. The van der Waals surface area contributed by atoms with Crippen molar-refractivity contribution < 1.29 is 9.59 Å². The largest absolute Gasteiger partial charge is 0.377 e. The molecule has 2 fully saturated rings. The summed E-state index contributed by atoms with van der Waals surface area (Å²) < 4.78 is 0. The highest BCUT2D eigenvalue weighted by Crippen LogP contribution is 2.58. The third-order valence-corrected chi connectivity index (χ3v) is 8.41. The summed E-state index contributed by atoms with van der Waals surface area (Å²) in [5.41, 5.74) is 6.99. The zero-order chi connectivity index (χ0) is 22.8. The molecule has 2 amide bonds. The van der Waals surface area contributed by atoms with Gasteiger partial charge in [0.25, 0.3) is 0 Å². The molecule has 34 heavy (non-hydrogen) atoms. The maximum absolute atomic E-state index is 14.0. The van der Waals surface area contributed by atoms with Gasteiger partial charge >= 0.3 is 0 Å². The highest BCUT2D eigenvalue weighted by molar-refractivity contribution is 6.23. The number of carbonyl (C=O) groups excluding carboxylic acids is 2. The van der Waals surface area contributed by atoms with Crippen LogP contribution in [0.1, 0.15) is 36.3 Å². The lowest BCUT2D eigenvalue weighted by atomic mass is 9.60. The van der Waals surface area contributed by atoms with Gasteiger partial charge in [-0.2, -0.15) is 0 Å². The normalized spacial score (nSPS) is 29.3. The van der Waals surface area contributed by atoms with Gasteiger partial charge in [0.05, 0.1) is 23.6 Å². The molecule has 1 N–H and O–H groups in total. The zero-order valence-electron chi connectivity index (χ0n) is 18.9. The van der Waals surface area contributed by atoms with Gasteiger partial charge in [-0.05, 0) is 60.4 Å². The Morgan fingerprint density at radius 3 is 2.24 bits per heavy atom. The summed E-state index contributed by atoms with van der Waals surface area (Å²) in [5, 5.41) is 3.65. The number of allylic oxidation sites excluding steroid dienone is 1. The number of amides is 2. The minimum absolute atomic E-state index is 0.0331. The van der Waals surface area contributed by atoms with Gasteiger partial charge in [0.2, 0.25) is 11.8 Å². The van der Waals surface area contributed by atoms with Crippen molar-refractivity contribution in [1.82, 2.24) is 0 Å². The molecule has 7 rings (SSSR count). The molecule has 0 radical (unpaired) electrons. The van der Waals surface area contributed by atoms with Gasteiger partial charge in [-0.15, -0.1) is 0 Å². The van der Waals surface area contributed by atoms with E-state index in [4.69, 9.17) is 0 Å². The Labute approximate surface area is 199 Å². The van der Waals surface area contributed by atoms with Crippen LogP contribution in [0.4, 0.5) is 11.4 Å². The van der Waals surface area contributed by atoms with Crippen LogP contribution < -0.4 is 10.2 Å². The van der Waals surface area contributed by atoms with Crippen LogP contribution in [0.25, 0.3) is 5.57 Å². The minimum atomic E-state index is -0.377. The number of nitrogens with zero attached hydrogens (tertiary/aromatic N) is 1. The molecule has 5 atom stereocenters. The molecule has 2 aliphatic heterocycles. The van der Waals surface area contributed by atoms with Crippen molar-refractivity contribution in [2.75, 3.05) is 10.2 Å². The monoisotopic (exact) mass is 446 g/mol. The zero-order valence-corrected chi connectivity index (χ0v) is 18.9. The summed E-state index contributed by atoms with van der Waals surface area (Å²) in [6.07, 6.45) is 2.97. The summed E-state index contributed by atoms with van der Waals surface area (Å²) in [6, 6.07) is 28.3. The first-order valence-corrected chi connectivity index (χ1v) is 12.3. The molecule has 0 aromatic heterocycles. The minimum Gasteiger partial charge on any atom is -0.377 e. The number of fused-ring (bicyclic) bond motifs is 7. The molecular formula is C30H26N2O2. The Morgan fingerprint density at radius 1 is 0.765 bits per heavy atom. The van der Waals surface area contributed by atoms with Gasteiger partial charge in [0, 0.05) is 11.3 Å². The number of benzene rings is 3. The summed E-state index contributed by atoms with van der Waals surface area (Å²) in [6.45, 7) is 0. The summed E-state index contributed by atoms with van der Waals surface area (Å²) >= 11 is 0. The Balaban J connectivity index is 1.37. The van der Waals surface area contributed by atoms with E-state index in [0.29, 0.717) is 11.6 Å². The van der Waals surface area contributed by atoms with Gasteiger partial charge in [0.1, 0.15) is 0 Å². The highest BCUT2D eigenvalue weighted by Gasteiger charge is 2.60. The van der Waals surface area contributed by atoms with Crippen LogP contribution in [0.3, 0.4) is 0 Å². The lowest BCUT2D eigenvalue weighted by Crippen LogP contribution is -2.44. The van der Waals surface area contributed by atoms with E-state index in [1.54, 1.807) is 0 Å². The maximum Gasteiger partial charge on any atom is 0.240 e.